The van der Waals surface area contributed by atoms with Crippen LogP contribution in [0.2, 0.25) is 0 Å². The Hall–Kier alpha value is -3.02. The van der Waals surface area contributed by atoms with Crippen LogP contribution in [0, 0.1) is 5.92 Å². The van der Waals surface area contributed by atoms with Crippen molar-refractivity contribution in [2.45, 2.75) is 39.7 Å². The predicted octanol–water partition coefficient (Wildman–Crippen LogP) is 4.01. The summed E-state index contributed by atoms with van der Waals surface area (Å²) in [5.41, 5.74) is 2.14. The van der Waals surface area contributed by atoms with Gasteiger partial charge in [-0.3, -0.25) is 9.59 Å². The van der Waals surface area contributed by atoms with Crippen molar-refractivity contribution in [3.63, 3.8) is 0 Å². The lowest BCUT2D eigenvalue weighted by Crippen LogP contribution is -2.25. The van der Waals surface area contributed by atoms with Gasteiger partial charge in [-0.1, -0.05) is 26.0 Å². The summed E-state index contributed by atoms with van der Waals surface area (Å²) in [7, 11) is 0. The fourth-order valence-corrected chi connectivity index (χ4v) is 2.96. The lowest BCUT2D eigenvalue weighted by atomic mass is 10.0. The Kier molecular flexibility index (Phi) is 5.58. The van der Waals surface area contributed by atoms with E-state index in [1.807, 2.05) is 39.8 Å². The molecule has 6 heteroatoms. The number of amides is 2. The van der Waals surface area contributed by atoms with Gasteiger partial charge in [0.05, 0.1) is 0 Å². The van der Waals surface area contributed by atoms with Crippen LogP contribution in [0.15, 0.2) is 42.5 Å². The molecule has 1 heterocycles. The maximum Gasteiger partial charge on any atom is 0.262 e. The zero-order valence-electron chi connectivity index (χ0n) is 16.7. The van der Waals surface area contributed by atoms with Gasteiger partial charge >= 0.3 is 0 Å². The van der Waals surface area contributed by atoms with E-state index in [2.05, 4.69) is 10.6 Å². The molecule has 2 aromatic rings. The molecule has 3 rings (SSSR count). The Morgan fingerprint density at radius 3 is 2.36 bits per heavy atom. The summed E-state index contributed by atoms with van der Waals surface area (Å²) in [6.45, 7) is 7.59. The second-order valence-corrected chi connectivity index (χ2v) is 7.84. The number of anilines is 2. The molecule has 0 radical (unpaired) electrons. The minimum atomic E-state index is -0.270. The minimum Gasteiger partial charge on any atom is -0.483 e. The van der Waals surface area contributed by atoms with Crippen molar-refractivity contribution in [3.8, 4) is 11.5 Å². The smallest absolute Gasteiger partial charge is 0.262 e. The molecule has 2 N–H and O–H groups in total. The molecule has 1 aliphatic rings. The van der Waals surface area contributed by atoms with Crippen LogP contribution in [-0.2, 0) is 16.0 Å². The fraction of sp³-hybridized carbons (Fsp3) is 0.364. The van der Waals surface area contributed by atoms with Crippen molar-refractivity contribution in [1.82, 2.24) is 0 Å². The van der Waals surface area contributed by atoms with Gasteiger partial charge in [-0.05, 0) is 44.2 Å². The molecular weight excluding hydrogens is 356 g/mol. The number of nitrogens with one attached hydrogen (secondary N) is 2. The maximum absolute atomic E-state index is 12.2. The zero-order valence-corrected chi connectivity index (χ0v) is 16.7. The van der Waals surface area contributed by atoms with Crippen LogP contribution in [0.3, 0.4) is 0 Å². The highest BCUT2D eigenvalue weighted by Crippen LogP contribution is 2.41. The first-order valence-corrected chi connectivity index (χ1v) is 9.38. The Bertz CT molecular complexity index is 873. The van der Waals surface area contributed by atoms with Crippen LogP contribution in [0.5, 0.6) is 11.5 Å². The predicted molar refractivity (Wildman–Crippen MR) is 109 cm³/mol. The molecule has 2 aromatic carbocycles. The van der Waals surface area contributed by atoms with E-state index in [0.29, 0.717) is 22.9 Å². The Morgan fingerprint density at radius 2 is 1.71 bits per heavy atom. The topological polar surface area (TPSA) is 76.7 Å². The summed E-state index contributed by atoms with van der Waals surface area (Å²) in [6.07, 6.45) is 0.811. The van der Waals surface area contributed by atoms with Gasteiger partial charge in [-0.15, -0.1) is 0 Å². The molecule has 0 unspecified atom stereocenters. The number of hydrogen-bond donors (Lipinski definition) is 2. The van der Waals surface area contributed by atoms with E-state index in [9.17, 15) is 9.59 Å². The van der Waals surface area contributed by atoms with E-state index in [1.165, 1.54) is 0 Å². The summed E-state index contributed by atoms with van der Waals surface area (Å²) >= 11 is 0. The van der Waals surface area contributed by atoms with Crippen molar-refractivity contribution in [2.75, 3.05) is 17.2 Å². The van der Waals surface area contributed by atoms with Crippen LogP contribution in [0.1, 0.15) is 33.3 Å². The van der Waals surface area contributed by atoms with Crippen molar-refractivity contribution >= 4 is 23.2 Å². The summed E-state index contributed by atoms with van der Waals surface area (Å²) < 4.78 is 11.6. The number of fused-ring (bicyclic) bond motifs is 1. The third kappa shape index (κ3) is 4.82. The quantitative estimate of drug-likeness (QED) is 0.791. The average Bonchev–Trinajstić information content (AvgIpc) is 2.95. The molecule has 0 bridgehead atoms. The first-order valence-electron chi connectivity index (χ1n) is 9.38. The van der Waals surface area contributed by atoms with Crippen LogP contribution in [0.25, 0.3) is 0 Å². The van der Waals surface area contributed by atoms with Gasteiger partial charge in [-0.2, -0.15) is 0 Å². The van der Waals surface area contributed by atoms with E-state index in [1.54, 1.807) is 30.3 Å². The molecule has 0 aromatic heterocycles. The summed E-state index contributed by atoms with van der Waals surface area (Å²) in [5, 5.41) is 5.59. The Morgan fingerprint density at radius 1 is 1.07 bits per heavy atom. The van der Waals surface area contributed by atoms with Crippen LogP contribution in [-0.4, -0.2) is 24.0 Å². The summed E-state index contributed by atoms with van der Waals surface area (Å²) in [4.78, 5) is 23.9. The lowest BCUT2D eigenvalue weighted by Gasteiger charge is -2.18. The highest BCUT2D eigenvalue weighted by Gasteiger charge is 2.32. The maximum atomic E-state index is 12.2. The molecule has 0 saturated heterocycles. The van der Waals surface area contributed by atoms with Gasteiger partial charge in [0.1, 0.15) is 5.60 Å². The molecule has 0 spiro atoms. The van der Waals surface area contributed by atoms with E-state index >= 15 is 0 Å². The number of rotatable bonds is 6. The highest BCUT2D eigenvalue weighted by atomic mass is 16.5. The number of benzene rings is 2. The Balaban J connectivity index is 1.55. The van der Waals surface area contributed by atoms with E-state index in [0.717, 1.165) is 12.0 Å². The van der Waals surface area contributed by atoms with Crippen LogP contribution < -0.4 is 20.1 Å². The number of carbonyl (C=O) groups excluding carboxylic acids is 2. The van der Waals surface area contributed by atoms with Gasteiger partial charge in [0.15, 0.2) is 18.1 Å². The molecule has 1 aliphatic heterocycles. The Labute approximate surface area is 165 Å². The summed E-state index contributed by atoms with van der Waals surface area (Å²) in [6, 6.07) is 12.7. The number of carbonyl (C=O) groups is 2. The van der Waals surface area contributed by atoms with Crippen molar-refractivity contribution in [3.05, 3.63) is 48.0 Å². The molecule has 6 nitrogen and oxygen atoms in total. The molecule has 148 valence electrons. The van der Waals surface area contributed by atoms with Gasteiger partial charge in [0.2, 0.25) is 5.91 Å². The molecular formula is C22H26N2O4. The van der Waals surface area contributed by atoms with E-state index in [-0.39, 0.29) is 29.9 Å². The standard InChI is InChI=1S/C22H26N2O4/c1-14(2)21(26)24-17-10-8-16(9-11-17)23-19(25)13-27-18-7-5-6-15-12-22(3,4)28-20(15)18/h5-11,14H,12-13H2,1-4H3,(H,23,25)(H,24,26). The molecule has 0 aliphatic carbocycles. The van der Waals surface area contributed by atoms with Gasteiger partial charge in [0.25, 0.3) is 5.91 Å². The SMILES string of the molecule is CC(C)C(=O)Nc1ccc(NC(=O)COc2cccc3c2OC(C)(C)C3)cc1. The van der Waals surface area contributed by atoms with E-state index in [4.69, 9.17) is 9.47 Å². The van der Waals surface area contributed by atoms with Crippen molar-refractivity contribution in [1.29, 1.82) is 0 Å². The number of hydrogen-bond acceptors (Lipinski definition) is 4. The largest absolute Gasteiger partial charge is 0.483 e. The van der Waals surface area contributed by atoms with Gasteiger partial charge in [0, 0.05) is 29.3 Å². The third-order valence-corrected chi connectivity index (χ3v) is 4.37. The minimum absolute atomic E-state index is 0.0500. The van der Waals surface area contributed by atoms with Crippen molar-refractivity contribution < 1.29 is 19.1 Å². The first kappa shape index (κ1) is 19.7. The van der Waals surface area contributed by atoms with E-state index < -0.39 is 0 Å². The van der Waals surface area contributed by atoms with Crippen molar-refractivity contribution in [2.24, 2.45) is 5.92 Å². The number of ether oxygens (including phenoxy) is 2. The molecule has 2 amide bonds. The zero-order chi connectivity index (χ0) is 20.3. The first-order chi connectivity index (χ1) is 13.2. The normalized spacial score (nSPS) is 14.2. The average molecular weight is 382 g/mol. The number of para-hydroxylation sites is 1. The second-order valence-electron chi connectivity index (χ2n) is 7.84. The van der Waals surface area contributed by atoms with Crippen LogP contribution >= 0.6 is 0 Å². The molecule has 28 heavy (non-hydrogen) atoms. The molecule has 0 atom stereocenters. The van der Waals surface area contributed by atoms with Gasteiger partial charge < -0.3 is 20.1 Å². The van der Waals surface area contributed by atoms with Crippen LogP contribution in [0.4, 0.5) is 11.4 Å². The third-order valence-electron chi connectivity index (χ3n) is 4.37. The molecule has 0 saturated carbocycles. The molecule has 0 fully saturated rings. The van der Waals surface area contributed by atoms with Gasteiger partial charge in [-0.25, -0.2) is 0 Å². The second kappa shape index (κ2) is 7.92. The monoisotopic (exact) mass is 382 g/mol. The fourth-order valence-electron chi connectivity index (χ4n) is 2.96. The lowest BCUT2D eigenvalue weighted by molar-refractivity contribution is -0.119. The summed E-state index contributed by atoms with van der Waals surface area (Å²) in [5.74, 6) is 0.876. The highest BCUT2D eigenvalue weighted by molar-refractivity contribution is 5.94.